The van der Waals surface area contributed by atoms with Gasteiger partial charge in [-0.3, -0.25) is 9.59 Å². The molecule has 0 bridgehead atoms. The standard InChI is InChI=1S/C18H20N2O5/c21-16(6-5-15-19-13-3-1-2-4-14(13)25-15)20-9-12-10-24-8-7-18(12,11-20)17(22)23/h1-4,12H,5-11H2,(H,22,23)/t12-,18+/m0/s1. The number of carboxylic acid groups (broad SMARTS) is 1. The van der Waals surface area contributed by atoms with Crippen LogP contribution in [0.2, 0.25) is 0 Å². The number of benzene rings is 1. The fourth-order valence-corrected chi connectivity index (χ4v) is 3.89. The average Bonchev–Trinajstić information content (AvgIpc) is 3.21. The zero-order chi connectivity index (χ0) is 17.4. The average molecular weight is 344 g/mol. The number of rotatable bonds is 4. The molecule has 4 rings (SSSR count). The van der Waals surface area contributed by atoms with Crippen molar-refractivity contribution in [2.45, 2.75) is 19.3 Å². The molecular weight excluding hydrogens is 324 g/mol. The molecule has 0 radical (unpaired) electrons. The van der Waals surface area contributed by atoms with Gasteiger partial charge in [-0.25, -0.2) is 4.98 Å². The molecule has 2 aromatic rings. The summed E-state index contributed by atoms with van der Waals surface area (Å²) in [5.74, 6) is -0.484. The van der Waals surface area contributed by atoms with E-state index in [4.69, 9.17) is 9.15 Å². The Morgan fingerprint density at radius 3 is 2.96 bits per heavy atom. The van der Waals surface area contributed by atoms with E-state index in [0.717, 1.165) is 5.52 Å². The molecule has 0 aliphatic carbocycles. The summed E-state index contributed by atoms with van der Waals surface area (Å²) in [6.45, 7) is 1.55. The number of carbonyl (C=O) groups is 2. The molecule has 7 nitrogen and oxygen atoms in total. The van der Waals surface area contributed by atoms with E-state index in [1.807, 2.05) is 24.3 Å². The molecule has 2 fully saturated rings. The van der Waals surface area contributed by atoms with Gasteiger partial charge in [0.15, 0.2) is 11.5 Å². The number of nitrogens with zero attached hydrogens (tertiary/aromatic N) is 2. The first-order chi connectivity index (χ1) is 12.1. The van der Waals surface area contributed by atoms with Crippen LogP contribution in [-0.2, 0) is 20.7 Å². The number of aryl methyl sites for hydroxylation is 1. The molecular formula is C18H20N2O5. The Morgan fingerprint density at radius 1 is 1.36 bits per heavy atom. The van der Waals surface area contributed by atoms with E-state index in [1.54, 1.807) is 4.90 Å². The molecule has 1 aromatic heterocycles. The molecule has 7 heteroatoms. The highest BCUT2D eigenvalue weighted by Gasteiger charge is 2.54. The van der Waals surface area contributed by atoms with E-state index in [2.05, 4.69) is 4.98 Å². The molecule has 25 heavy (non-hydrogen) atoms. The number of ether oxygens (including phenoxy) is 1. The molecule has 132 valence electrons. The number of hydrogen-bond donors (Lipinski definition) is 1. The van der Waals surface area contributed by atoms with Gasteiger partial charge in [-0.2, -0.15) is 0 Å². The normalized spacial score (nSPS) is 25.9. The van der Waals surface area contributed by atoms with Gasteiger partial charge >= 0.3 is 5.97 Å². The van der Waals surface area contributed by atoms with Crippen molar-refractivity contribution >= 4 is 23.0 Å². The summed E-state index contributed by atoms with van der Waals surface area (Å²) in [4.78, 5) is 30.4. The zero-order valence-electron chi connectivity index (χ0n) is 13.8. The number of aliphatic carboxylic acids is 1. The van der Waals surface area contributed by atoms with Crippen LogP contribution in [0.15, 0.2) is 28.7 Å². The van der Waals surface area contributed by atoms with E-state index in [9.17, 15) is 14.7 Å². The predicted molar refractivity (Wildman–Crippen MR) is 87.9 cm³/mol. The lowest BCUT2D eigenvalue weighted by molar-refractivity contribution is -0.157. The lowest BCUT2D eigenvalue weighted by Gasteiger charge is -2.33. The maximum Gasteiger partial charge on any atom is 0.311 e. The Morgan fingerprint density at radius 2 is 2.20 bits per heavy atom. The highest BCUT2D eigenvalue weighted by Crippen LogP contribution is 2.42. The third-order valence-corrected chi connectivity index (χ3v) is 5.38. The van der Waals surface area contributed by atoms with Gasteiger partial charge in [0.1, 0.15) is 5.52 Å². The van der Waals surface area contributed by atoms with Crippen molar-refractivity contribution in [2.75, 3.05) is 26.3 Å². The molecule has 0 spiro atoms. The van der Waals surface area contributed by atoms with Crippen LogP contribution in [0.1, 0.15) is 18.7 Å². The minimum absolute atomic E-state index is 0.0581. The number of fused-ring (bicyclic) bond motifs is 2. The summed E-state index contributed by atoms with van der Waals surface area (Å²) in [7, 11) is 0. The Balaban J connectivity index is 1.42. The quantitative estimate of drug-likeness (QED) is 0.908. The number of para-hydroxylation sites is 2. The number of oxazole rings is 1. The highest BCUT2D eigenvalue weighted by molar-refractivity contribution is 5.81. The molecule has 1 aromatic carbocycles. The van der Waals surface area contributed by atoms with Crippen LogP contribution in [0.4, 0.5) is 0 Å². The molecule has 0 saturated carbocycles. The topological polar surface area (TPSA) is 92.9 Å². The van der Waals surface area contributed by atoms with Gasteiger partial charge in [0, 0.05) is 38.5 Å². The minimum atomic E-state index is -0.856. The van der Waals surface area contributed by atoms with Gasteiger partial charge < -0.3 is 19.2 Å². The monoisotopic (exact) mass is 344 g/mol. The lowest BCUT2D eigenvalue weighted by atomic mass is 9.74. The van der Waals surface area contributed by atoms with Gasteiger partial charge in [0.2, 0.25) is 5.91 Å². The number of carbonyl (C=O) groups excluding carboxylic acids is 1. The van der Waals surface area contributed by atoms with Gasteiger partial charge in [-0.15, -0.1) is 0 Å². The molecule has 2 saturated heterocycles. The van der Waals surface area contributed by atoms with Crippen LogP contribution in [0.3, 0.4) is 0 Å². The second-order valence-electron chi connectivity index (χ2n) is 6.83. The second kappa shape index (κ2) is 6.15. The molecule has 2 aliphatic rings. The summed E-state index contributed by atoms with van der Waals surface area (Å²) >= 11 is 0. The van der Waals surface area contributed by atoms with Crippen LogP contribution in [0.5, 0.6) is 0 Å². The van der Waals surface area contributed by atoms with Crippen LogP contribution in [0, 0.1) is 11.3 Å². The summed E-state index contributed by atoms with van der Waals surface area (Å²) in [6.07, 6.45) is 1.13. The first-order valence-corrected chi connectivity index (χ1v) is 8.52. The number of aromatic nitrogens is 1. The summed E-state index contributed by atoms with van der Waals surface area (Å²) < 4.78 is 11.1. The number of likely N-dealkylation sites (tertiary alicyclic amines) is 1. The first kappa shape index (κ1) is 16.1. The Hall–Kier alpha value is -2.41. The number of carboxylic acids is 1. The number of amides is 1. The molecule has 0 unspecified atom stereocenters. The van der Waals surface area contributed by atoms with Crippen molar-refractivity contribution in [3.05, 3.63) is 30.2 Å². The van der Waals surface area contributed by atoms with Gasteiger partial charge in [-0.1, -0.05) is 12.1 Å². The van der Waals surface area contributed by atoms with E-state index in [-0.39, 0.29) is 24.8 Å². The van der Waals surface area contributed by atoms with Crippen molar-refractivity contribution < 1.29 is 23.8 Å². The lowest BCUT2D eigenvalue weighted by Crippen LogP contribution is -2.45. The molecule has 3 heterocycles. The van der Waals surface area contributed by atoms with E-state index in [1.165, 1.54) is 0 Å². The van der Waals surface area contributed by atoms with Gasteiger partial charge in [0.05, 0.1) is 12.0 Å². The minimum Gasteiger partial charge on any atom is -0.481 e. The summed E-state index contributed by atoms with van der Waals surface area (Å²) in [6, 6.07) is 7.47. The van der Waals surface area contributed by atoms with Crippen LogP contribution in [-0.4, -0.2) is 53.2 Å². The molecule has 1 amide bonds. The molecule has 1 N–H and O–H groups in total. The van der Waals surface area contributed by atoms with Crippen LogP contribution < -0.4 is 0 Å². The fraction of sp³-hybridized carbons (Fsp3) is 0.500. The Kier molecular flexibility index (Phi) is 3.95. The zero-order valence-corrected chi connectivity index (χ0v) is 13.8. The largest absolute Gasteiger partial charge is 0.481 e. The third kappa shape index (κ3) is 2.78. The second-order valence-corrected chi connectivity index (χ2v) is 6.83. The maximum absolute atomic E-state index is 12.6. The third-order valence-electron chi connectivity index (χ3n) is 5.38. The highest BCUT2D eigenvalue weighted by atomic mass is 16.5. The molecule has 2 aliphatic heterocycles. The summed E-state index contributed by atoms with van der Waals surface area (Å²) in [5, 5.41) is 9.67. The van der Waals surface area contributed by atoms with E-state index >= 15 is 0 Å². The van der Waals surface area contributed by atoms with Crippen molar-refractivity contribution in [3.63, 3.8) is 0 Å². The Labute approximate surface area is 144 Å². The Bertz CT molecular complexity index is 784. The number of hydrogen-bond acceptors (Lipinski definition) is 5. The maximum atomic E-state index is 12.6. The molecule has 2 atom stereocenters. The van der Waals surface area contributed by atoms with Crippen molar-refractivity contribution in [3.8, 4) is 0 Å². The SMILES string of the molecule is O=C(CCc1nc2ccccc2o1)N1C[C@H]2COCC[C@@]2(C(=O)O)C1. The smallest absolute Gasteiger partial charge is 0.311 e. The predicted octanol–water partition coefficient (Wildman–Crippen LogP) is 1.71. The van der Waals surface area contributed by atoms with E-state index < -0.39 is 11.4 Å². The van der Waals surface area contributed by atoms with E-state index in [0.29, 0.717) is 44.1 Å². The first-order valence-electron chi connectivity index (χ1n) is 8.52. The van der Waals surface area contributed by atoms with Crippen molar-refractivity contribution in [2.24, 2.45) is 11.3 Å². The summed E-state index contributed by atoms with van der Waals surface area (Å²) in [5.41, 5.74) is 0.629. The van der Waals surface area contributed by atoms with Crippen LogP contribution in [0.25, 0.3) is 11.1 Å². The van der Waals surface area contributed by atoms with Crippen molar-refractivity contribution in [1.82, 2.24) is 9.88 Å². The van der Waals surface area contributed by atoms with Gasteiger partial charge in [-0.05, 0) is 18.6 Å². The van der Waals surface area contributed by atoms with Crippen LogP contribution >= 0.6 is 0 Å². The fourth-order valence-electron chi connectivity index (χ4n) is 3.89. The van der Waals surface area contributed by atoms with Gasteiger partial charge in [0.25, 0.3) is 0 Å². The van der Waals surface area contributed by atoms with Crippen molar-refractivity contribution in [1.29, 1.82) is 0 Å².